The SMILES string of the molecule is CCCCN(C(=O)CN1C[C@H](c2ccc3c(c2)OCO3)[C@@H](C(=O)O)[C@@H]1CCN1CCC(C)(C)C1=O)c1cccc(CC)c1. The Bertz CT molecular complexity index is 1340. The molecule has 2 aromatic carbocycles. The standard InChI is InChI=1S/C34H45N3O6/c1-5-7-15-37(25-10-8-9-23(6-2)18-25)30(38)21-36-20-26(24-11-12-28-29(19-24)43-22-42-28)31(32(39)40)27(36)13-16-35-17-14-34(3,4)33(35)41/h8-12,18-19,26-27,31H,5-7,13-17,20-22H2,1-4H3,(H,39,40)/t26-,27+,31-/m1/s1. The number of aliphatic carboxylic acids is 1. The van der Waals surface area contributed by atoms with Crippen LogP contribution >= 0.6 is 0 Å². The number of amides is 2. The van der Waals surface area contributed by atoms with Crippen molar-refractivity contribution >= 4 is 23.5 Å². The highest BCUT2D eigenvalue weighted by molar-refractivity contribution is 5.95. The molecule has 9 nitrogen and oxygen atoms in total. The zero-order valence-electron chi connectivity index (χ0n) is 25.9. The van der Waals surface area contributed by atoms with Gasteiger partial charge >= 0.3 is 5.97 Å². The second-order valence-corrected chi connectivity index (χ2v) is 12.7. The number of carbonyl (C=O) groups excluding carboxylic acids is 2. The van der Waals surface area contributed by atoms with Gasteiger partial charge in [0.05, 0.1) is 12.5 Å². The van der Waals surface area contributed by atoms with Crippen molar-refractivity contribution in [1.82, 2.24) is 9.80 Å². The Hall–Kier alpha value is -3.59. The van der Waals surface area contributed by atoms with Crippen LogP contribution in [0.4, 0.5) is 5.69 Å². The van der Waals surface area contributed by atoms with E-state index in [0.717, 1.165) is 42.5 Å². The maximum atomic E-state index is 14.1. The second-order valence-electron chi connectivity index (χ2n) is 12.7. The molecule has 2 fully saturated rings. The summed E-state index contributed by atoms with van der Waals surface area (Å²) in [5.74, 6) is -0.662. The Morgan fingerprint density at radius 3 is 2.58 bits per heavy atom. The van der Waals surface area contributed by atoms with Gasteiger partial charge in [-0.05, 0) is 61.1 Å². The molecule has 5 rings (SSSR count). The van der Waals surface area contributed by atoms with Gasteiger partial charge in [0.15, 0.2) is 11.5 Å². The molecule has 3 atom stereocenters. The van der Waals surface area contributed by atoms with E-state index >= 15 is 0 Å². The van der Waals surface area contributed by atoms with Crippen LogP contribution in [0.15, 0.2) is 42.5 Å². The third-order valence-electron chi connectivity index (χ3n) is 9.43. The van der Waals surface area contributed by atoms with Gasteiger partial charge in [0.25, 0.3) is 0 Å². The Morgan fingerprint density at radius 2 is 1.88 bits per heavy atom. The number of nitrogens with zero attached hydrogens (tertiary/aromatic N) is 3. The largest absolute Gasteiger partial charge is 0.481 e. The summed E-state index contributed by atoms with van der Waals surface area (Å²) < 4.78 is 11.1. The summed E-state index contributed by atoms with van der Waals surface area (Å²) in [6, 6.07) is 13.3. The van der Waals surface area contributed by atoms with E-state index in [1.165, 1.54) is 0 Å². The van der Waals surface area contributed by atoms with Crippen LogP contribution in [-0.4, -0.2) is 78.2 Å². The molecule has 0 bridgehead atoms. The Morgan fingerprint density at radius 1 is 1.09 bits per heavy atom. The van der Waals surface area contributed by atoms with Gasteiger partial charge in [-0.3, -0.25) is 19.3 Å². The number of rotatable bonds is 12. The molecule has 0 radical (unpaired) electrons. The molecule has 2 amide bonds. The van der Waals surface area contributed by atoms with Gasteiger partial charge in [-0.1, -0.05) is 52.3 Å². The first-order chi connectivity index (χ1) is 20.6. The zero-order chi connectivity index (χ0) is 30.7. The molecule has 2 aromatic rings. The number of aryl methyl sites for hydroxylation is 1. The van der Waals surface area contributed by atoms with Crippen LogP contribution in [0, 0.1) is 11.3 Å². The maximum absolute atomic E-state index is 14.1. The summed E-state index contributed by atoms with van der Waals surface area (Å²) in [6.07, 6.45) is 3.96. The number of benzene rings is 2. The third-order valence-corrected chi connectivity index (χ3v) is 9.43. The number of carbonyl (C=O) groups is 3. The van der Waals surface area contributed by atoms with E-state index < -0.39 is 23.3 Å². The van der Waals surface area contributed by atoms with Crippen LogP contribution < -0.4 is 14.4 Å². The molecule has 0 spiro atoms. The van der Waals surface area contributed by atoms with E-state index in [9.17, 15) is 19.5 Å². The fourth-order valence-corrected chi connectivity index (χ4v) is 6.80. The van der Waals surface area contributed by atoms with Gasteiger partial charge in [0, 0.05) is 49.2 Å². The van der Waals surface area contributed by atoms with Gasteiger partial charge < -0.3 is 24.4 Å². The van der Waals surface area contributed by atoms with E-state index in [2.05, 4.69) is 26.0 Å². The molecular formula is C34H45N3O6. The first-order valence-corrected chi connectivity index (χ1v) is 15.7. The van der Waals surface area contributed by atoms with E-state index in [0.29, 0.717) is 44.1 Å². The van der Waals surface area contributed by atoms with Gasteiger partial charge in [-0.15, -0.1) is 0 Å². The highest BCUT2D eigenvalue weighted by atomic mass is 16.7. The molecule has 3 aliphatic heterocycles. The molecule has 0 unspecified atom stereocenters. The average molecular weight is 592 g/mol. The maximum Gasteiger partial charge on any atom is 0.308 e. The van der Waals surface area contributed by atoms with Crippen LogP contribution in [0.1, 0.15) is 70.4 Å². The lowest BCUT2D eigenvalue weighted by Gasteiger charge is -2.31. The quantitative estimate of drug-likeness (QED) is 0.374. The Kier molecular flexibility index (Phi) is 9.30. The van der Waals surface area contributed by atoms with Crippen LogP contribution in [0.2, 0.25) is 0 Å². The number of hydrogen-bond acceptors (Lipinski definition) is 6. The molecule has 1 N–H and O–H groups in total. The summed E-state index contributed by atoms with van der Waals surface area (Å²) in [7, 11) is 0. The number of carboxylic acid groups (broad SMARTS) is 1. The third kappa shape index (κ3) is 6.51. The monoisotopic (exact) mass is 591 g/mol. The fourth-order valence-electron chi connectivity index (χ4n) is 6.80. The van der Waals surface area contributed by atoms with Crippen LogP contribution in [0.5, 0.6) is 11.5 Å². The second kappa shape index (κ2) is 13.0. The minimum Gasteiger partial charge on any atom is -0.481 e. The van der Waals surface area contributed by atoms with Crippen molar-refractivity contribution in [3.63, 3.8) is 0 Å². The smallest absolute Gasteiger partial charge is 0.308 e. The van der Waals surface area contributed by atoms with E-state index in [1.54, 1.807) is 0 Å². The Balaban J connectivity index is 1.43. The summed E-state index contributed by atoms with van der Waals surface area (Å²) in [5.41, 5.74) is 2.49. The lowest BCUT2D eigenvalue weighted by Crippen LogP contribution is -2.46. The van der Waals surface area contributed by atoms with Gasteiger partial charge in [0.2, 0.25) is 18.6 Å². The number of anilines is 1. The van der Waals surface area contributed by atoms with Crippen molar-refractivity contribution in [2.24, 2.45) is 11.3 Å². The summed E-state index contributed by atoms with van der Waals surface area (Å²) in [6.45, 7) is 10.5. The Labute approximate surface area is 254 Å². The van der Waals surface area contributed by atoms with Gasteiger partial charge in [-0.25, -0.2) is 0 Å². The first-order valence-electron chi connectivity index (χ1n) is 15.7. The molecule has 232 valence electrons. The number of hydrogen-bond donors (Lipinski definition) is 1. The van der Waals surface area contributed by atoms with E-state index in [-0.39, 0.29) is 31.1 Å². The van der Waals surface area contributed by atoms with E-state index in [4.69, 9.17) is 9.47 Å². The minimum absolute atomic E-state index is 0.0411. The first kappa shape index (κ1) is 30.9. The molecule has 0 aromatic heterocycles. The molecular weight excluding hydrogens is 546 g/mol. The van der Waals surface area contributed by atoms with Crippen molar-refractivity contribution in [3.05, 3.63) is 53.6 Å². The number of likely N-dealkylation sites (tertiary alicyclic amines) is 2. The van der Waals surface area contributed by atoms with Crippen LogP contribution in [0.3, 0.4) is 0 Å². The number of fused-ring (bicyclic) bond motifs is 1. The predicted octanol–water partition coefficient (Wildman–Crippen LogP) is 4.93. The summed E-state index contributed by atoms with van der Waals surface area (Å²) >= 11 is 0. The van der Waals surface area contributed by atoms with Crippen LogP contribution in [-0.2, 0) is 20.8 Å². The van der Waals surface area contributed by atoms with Crippen molar-refractivity contribution < 1.29 is 29.0 Å². The van der Waals surface area contributed by atoms with Crippen molar-refractivity contribution in [2.75, 3.05) is 44.4 Å². The number of ether oxygens (including phenoxy) is 2. The molecule has 9 heteroatoms. The van der Waals surface area contributed by atoms with Crippen molar-refractivity contribution in [3.8, 4) is 11.5 Å². The van der Waals surface area contributed by atoms with Gasteiger partial charge in [-0.2, -0.15) is 0 Å². The van der Waals surface area contributed by atoms with Crippen molar-refractivity contribution in [1.29, 1.82) is 0 Å². The van der Waals surface area contributed by atoms with Gasteiger partial charge in [0.1, 0.15) is 0 Å². The van der Waals surface area contributed by atoms with Crippen molar-refractivity contribution in [2.45, 2.75) is 71.8 Å². The molecule has 3 heterocycles. The predicted molar refractivity (Wildman–Crippen MR) is 164 cm³/mol. The molecule has 0 aliphatic carbocycles. The normalized spacial score (nSPS) is 22.7. The number of unbranched alkanes of at least 4 members (excludes halogenated alkanes) is 1. The molecule has 43 heavy (non-hydrogen) atoms. The minimum atomic E-state index is -0.894. The fraction of sp³-hybridized carbons (Fsp3) is 0.559. The molecule has 2 saturated heterocycles. The number of carboxylic acids is 1. The van der Waals surface area contributed by atoms with Crippen LogP contribution in [0.25, 0.3) is 0 Å². The highest BCUT2D eigenvalue weighted by Crippen LogP contribution is 2.43. The lowest BCUT2D eigenvalue weighted by atomic mass is 9.84. The topological polar surface area (TPSA) is 99.6 Å². The average Bonchev–Trinajstić information content (AvgIpc) is 3.67. The summed E-state index contributed by atoms with van der Waals surface area (Å²) in [5, 5.41) is 10.6. The lowest BCUT2D eigenvalue weighted by molar-refractivity contribution is -0.143. The molecule has 3 aliphatic rings. The molecule has 0 saturated carbocycles. The summed E-state index contributed by atoms with van der Waals surface area (Å²) in [4.78, 5) is 45.8. The van der Waals surface area contributed by atoms with E-state index in [1.807, 2.05) is 58.9 Å². The highest BCUT2D eigenvalue weighted by Gasteiger charge is 2.48. The zero-order valence-corrected chi connectivity index (χ0v) is 25.9.